The fraction of sp³-hybridized carbons (Fsp3) is 0.667. The molecule has 7 nitrogen and oxygen atoms in total. The average molecular weight is 466 g/mol. The lowest BCUT2D eigenvalue weighted by atomic mass is 9.84. The van der Waals surface area contributed by atoms with Crippen molar-refractivity contribution in [2.75, 3.05) is 6.54 Å². The first-order valence-electron chi connectivity index (χ1n) is 11.5. The summed E-state index contributed by atoms with van der Waals surface area (Å²) in [5.74, 6) is -0.146. The molecule has 0 spiro atoms. The van der Waals surface area contributed by atoms with Gasteiger partial charge in [0.15, 0.2) is 0 Å². The molecule has 1 heterocycles. The van der Waals surface area contributed by atoms with Gasteiger partial charge in [-0.15, -0.1) is 0 Å². The molecule has 1 aromatic rings. The highest BCUT2D eigenvalue weighted by atomic mass is 32.2. The van der Waals surface area contributed by atoms with Crippen LogP contribution in [0.25, 0.3) is 0 Å². The molecule has 32 heavy (non-hydrogen) atoms. The number of esters is 1. The summed E-state index contributed by atoms with van der Waals surface area (Å²) in [6.45, 7) is 7.45. The quantitative estimate of drug-likeness (QED) is 0.446. The first kappa shape index (κ1) is 24.7. The van der Waals surface area contributed by atoms with Gasteiger partial charge < -0.3 is 14.3 Å². The Kier molecular flexibility index (Phi) is 7.65. The minimum Gasteiger partial charge on any atom is -0.489 e. The van der Waals surface area contributed by atoms with E-state index in [0.29, 0.717) is 25.0 Å². The summed E-state index contributed by atoms with van der Waals surface area (Å²) in [7, 11) is -3.98. The van der Waals surface area contributed by atoms with Gasteiger partial charge >= 0.3 is 5.97 Å². The molecule has 0 N–H and O–H groups in total. The maximum absolute atomic E-state index is 13.7. The Morgan fingerprint density at radius 3 is 2.56 bits per heavy atom. The van der Waals surface area contributed by atoms with Crippen LogP contribution in [0.1, 0.15) is 71.3 Å². The predicted molar refractivity (Wildman–Crippen MR) is 121 cm³/mol. The predicted octanol–water partition coefficient (Wildman–Crippen LogP) is 4.02. The van der Waals surface area contributed by atoms with E-state index in [2.05, 4.69) is 0 Å². The van der Waals surface area contributed by atoms with Gasteiger partial charge in [-0.05, 0) is 77.5 Å². The van der Waals surface area contributed by atoms with Crippen LogP contribution < -0.4 is 4.74 Å². The molecule has 3 atom stereocenters. The number of hydrogen-bond acceptors (Lipinski definition) is 6. The van der Waals surface area contributed by atoms with Crippen molar-refractivity contribution in [3.63, 3.8) is 0 Å². The third-order valence-electron chi connectivity index (χ3n) is 6.09. The first-order valence-corrected chi connectivity index (χ1v) is 12.9. The molecule has 2 fully saturated rings. The molecule has 0 amide bonds. The molecule has 8 heteroatoms. The first-order chi connectivity index (χ1) is 15.0. The van der Waals surface area contributed by atoms with E-state index in [0.717, 1.165) is 37.5 Å². The van der Waals surface area contributed by atoms with Crippen LogP contribution in [0.3, 0.4) is 0 Å². The molecule has 1 aromatic carbocycles. The zero-order valence-electron chi connectivity index (χ0n) is 19.5. The van der Waals surface area contributed by atoms with Gasteiger partial charge in [0.2, 0.25) is 10.0 Å². The van der Waals surface area contributed by atoms with Gasteiger partial charge in [-0.25, -0.2) is 8.42 Å². The highest BCUT2D eigenvalue weighted by molar-refractivity contribution is 7.89. The average Bonchev–Trinajstić information content (AvgIpc) is 3.19. The highest BCUT2D eigenvalue weighted by Gasteiger charge is 2.43. The van der Waals surface area contributed by atoms with Crippen molar-refractivity contribution >= 4 is 22.3 Å². The van der Waals surface area contributed by atoms with Crippen LogP contribution in [0, 0.1) is 12.8 Å². The van der Waals surface area contributed by atoms with Crippen molar-refractivity contribution in [2.45, 2.75) is 95.3 Å². The summed E-state index contributed by atoms with van der Waals surface area (Å²) >= 11 is 0. The molecule has 3 rings (SSSR count). The monoisotopic (exact) mass is 465 g/mol. The zero-order valence-corrected chi connectivity index (χ0v) is 20.3. The number of benzene rings is 1. The Bertz CT molecular complexity index is 936. The molecule has 1 aliphatic carbocycles. The third-order valence-corrected chi connectivity index (χ3v) is 8.03. The van der Waals surface area contributed by atoms with Crippen molar-refractivity contribution in [3.8, 4) is 5.75 Å². The van der Waals surface area contributed by atoms with Crippen molar-refractivity contribution in [3.05, 3.63) is 23.8 Å². The highest BCUT2D eigenvalue weighted by Crippen LogP contribution is 2.36. The summed E-state index contributed by atoms with van der Waals surface area (Å²) in [6, 6.07) is 4.19. The molecule has 1 saturated heterocycles. The lowest BCUT2D eigenvalue weighted by Crippen LogP contribution is -2.43. The van der Waals surface area contributed by atoms with Crippen LogP contribution in [-0.2, 0) is 24.3 Å². The van der Waals surface area contributed by atoms with Crippen molar-refractivity contribution in [2.24, 2.45) is 5.92 Å². The van der Waals surface area contributed by atoms with Gasteiger partial charge in [0, 0.05) is 18.9 Å². The second-order valence-corrected chi connectivity index (χ2v) is 11.7. The normalized spacial score (nSPS) is 24.8. The number of ether oxygens (including phenoxy) is 2. The van der Waals surface area contributed by atoms with E-state index in [4.69, 9.17) is 9.47 Å². The molecule has 1 saturated carbocycles. The van der Waals surface area contributed by atoms with E-state index in [1.807, 2.05) is 6.92 Å². The maximum atomic E-state index is 13.7. The number of nitrogens with zero attached hydrogens (tertiary/aromatic N) is 1. The second-order valence-electron chi connectivity index (χ2n) is 9.86. The van der Waals surface area contributed by atoms with Gasteiger partial charge in [0.05, 0.1) is 0 Å². The molecule has 0 unspecified atom stereocenters. The fourth-order valence-electron chi connectivity index (χ4n) is 4.57. The maximum Gasteiger partial charge on any atom is 0.324 e. The molecule has 0 bridgehead atoms. The van der Waals surface area contributed by atoms with E-state index in [1.165, 1.54) is 4.31 Å². The van der Waals surface area contributed by atoms with Gasteiger partial charge in [0.1, 0.15) is 34.7 Å². The van der Waals surface area contributed by atoms with Gasteiger partial charge in [0.25, 0.3) is 0 Å². The Balaban J connectivity index is 1.91. The number of rotatable bonds is 7. The van der Waals surface area contributed by atoms with E-state index < -0.39 is 27.6 Å². The Morgan fingerprint density at radius 2 is 1.88 bits per heavy atom. The van der Waals surface area contributed by atoms with Crippen LogP contribution in [0.2, 0.25) is 0 Å². The number of carbonyl (C=O) groups excluding carboxylic acids is 2. The van der Waals surface area contributed by atoms with E-state index in [1.54, 1.807) is 39.0 Å². The molecular formula is C24H35NO6S. The molecule has 2 aliphatic rings. The molecular weight excluding hydrogens is 430 g/mol. The molecule has 178 valence electrons. The number of hydrogen-bond donors (Lipinski definition) is 0. The van der Waals surface area contributed by atoms with E-state index >= 15 is 0 Å². The lowest BCUT2D eigenvalue weighted by Gasteiger charge is -2.32. The van der Waals surface area contributed by atoms with Crippen molar-refractivity contribution < 1.29 is 27.5 Å². The van der Waals surface area contributed by atoms with Gasteiger partial charge in [-0.2, -0.15) is 4.31 Å². The van der Waals surface area contributed by atoms with Crippen LogP contribution in [0.15, 0.2) is 23.1 Å². The van der Waals surface area contributed by atoms with E-state index in [9.17, 15) is 18.0 Å². The lowest BCUT2D eigenvalue weighted by molar-refractivity contribution is -0.158. The van der Waals surface area contributed by atoms with Gasteiger partial charge in [-0.3, -0.25) is 4.79 Å². The minimum atomic E-state index is -3.98. The van der Waals surface area contributed by atoms with Crippen molar-refractivity contribution in [1.82, 2.24) is 4.31 Å². The third kappa shape index (κ3) is 5.70. The summed E-state index contributed by atoms with van der Waals surface area (Å²) in [6.07, 6.45) is 5.85. The second kappa shape index (κ2) is 9.91. The van der Waals surface area contributed by atoms with E-state index in [-0.39, 0.29) is 23.5 Å². The fourth-order valence-corrected chi connectivity index (χ4v) is 6.32. The SMILES string of the molecule is Cc1ccc(S(=O)(=O)N2CCC[C@H]2C(=O)OC(C)(C)C)c(O[C@H]2CCCC[C@H]2CC=O)c1. The van der Waals surface area contributed by atoms with Crippen LogP contribution in [-0.4, -0.2) is 49.3 Å². The van der Waals surface area contributed by atoms with Crippen LogP contribution in [0.4, 0.5) is 0 Å². The summed E-state index contributed by atoms with van der Waals surface area (Å²) in [5, 5.41) is 0. The standard InChI is InChI=1S/C24H35NO6S/c1-17-11-12-22(21(16-17)30-20-10-6-5-8-18(20)13-15-26)32(28,29)25-14-7-9-19(25)23(27)31-24(2,3)4/h11-12,15-16,18-20H,5-10,13-14H2,1-4H3/t18-,19-,20-/m0/s1. The Morgan fingerprint density at radius 1 is 1.16 bits per heavy atom. The summed E-state index contributed by atoms with van der Waals surface area (Å²) in [5.41, 5.74) is 0.189. The van der Waals surface area contributed by atoms with Crippen LogP contribution >= 0.6 is 0 Å². The smallest absolute Gasteiger partial charge is 0.324 e. The topological polar surface area (TPSA) is 90.0 Å². The molecule has 1 aliphatic heterocycles. The van der Waals surface area contributed by atoms with Crippen LogP contribution in [0.5, 0.6) is 5.75 Å². The van der Waals surface area contributed by atoms with Gasteiger partial charge in [-0.1, -0.05) is 12.5 Å². The zero-order chi connectivity index (χ0) is 23.5. The minimum absolute atomic E-state index is 0.0639. The largest absolute Gasteiger partial charge is 0.489 e. The number of aryl methyl sites for hydroxylation is 1. The number of aldehydes is 1. The number of carbonyl (C=O) groups is 2. The number of sulfonamides is 1. The summed E-state index contributed by atoms with van der Waals surface area (Å²) in [4.78, 5) is 23.9. The van der Waals surface area contributed by atoms with Crippen molar-refractivity contribution in [1.29, 1.82) is 0 Å². The molecule has 0 radical (unpaired) electrons. The Hall–Kier alpha value is -1.93. The Labute approximate surface area is 191 Å². The summed E-state index contributed by atoms with van der Waals surface area (Å²) < 4.78 is 40.4. The molecule has 0 aromatic heterocycles.